The first-order valence-electron chi connectivity index (χ1n) is 5.38. The first-order valence-corrected chi connectivity index (χ1v) is 6.58. The highest BCUT2D eigenvalue weighted by molar-refractivity contribution is 7.19. The molecule has 1 aromatic carbocycles. The predicted octanol–water partition coefficient (Wildman–Crippen LogP) is 4.47. The molecule has 1 atom stereocenters. The van der Waals surface area contributed by atoms with E-state index < -0.39 is 0 Å². The number of rotatable bonds is 1. The van der Waals surface area contributed by atoms with Crippen LogP contribution in [0.4, 0.5) is 0 Å². The molecule has 0 saturated carbocycles. The van der Waals surface area contributed by atoms with Crippen LogP contribution in [0.15, 0.2) is 35.5 Å². The number of benzene rings is 1. The molecule has 0 spiro atoms. The lowest BCUT2D eigenvalue weighted by atomic mass is 10.0. The van der Waals surface area contributed by atoms with Gasteiger partial charge in [-0.2, -0.15) is 0 Å². The van der Waals surface area contributed by atoms with Gasteiger partial charge in [-0.05, 0) is 30.5 Å². The summed E-state index contributed by atoms with van der Waals surface area (Å²) in [5.41, 5.74) is 1.29. The van der Waals surface area contributed by atoms with E-state index in [1.807, 2.05) is 18.3 Å². The summed E-state index contributed by atoms with van der Waals surface area (Å²) in [6.07, 6.45) is 5.74. The van der Waals surface area contributed by atoms with Crippen molar-refractivity contribution in [3.63, 3.8) is 0 Å². The van der Waals surface area contributed by atoms with E-state index >= 15 is 0 Å². The highest BCUT2D eigenvalue weighted by Crippen LogP contribution is 2.38. The maximum Gasteiger partial charge on any atom is 0.0981 e. The van der Waals surface area contributed by atoms with Crippen LogP contribution in [-0.4, -0.2) is 6.34 Å². The molecule has 0 fully saturated rings. The third-order valence-corrected chi connectivity index (χ3v) is 4.18. The lowest BCUT2D eigenvalue weighted by Crippen LogP contribution is -2.08. The molecule has 0 saturated heterocycles. The molecular formula is C13H12Cl2N2S. The molecule has 1 aliphatic heterocycles. The summed E-state index contributed by atoms with van der Waals surface area (Å²) in [4.78, 5) is 5.76. The van der Waals surface area contributed by atoms with Gasteiger partial charge in [0.05, 0.1) is 12.4 Å². The molecule has 0 bridgehead atoms. The van der Waals surface area contributed by atoms with Gasteiger partial charge in [0.15, 0.2) is 0 Å². The van der Waals surface area contributed by atoms with E-state index in [1.165, 1.54) is 20.5 Å². The first-order chi connectivity index (χ1) is 8.25. The number of hydrogen-bond acceptors (Lipinski definition) is 3. The van der Waals surface area contributed by atoms with E-state index in [9.17, 15) is 0 Å². The number of thiophene rings is 1. The van der Waals surface area contributed by atoms with E-state index in [2.05, 4.69) is 29.4 Å². The van der Waals surface area contributed by atoms with E-state index in [4.69, 9.17) is 11.6 Å². The lowest BCUT2D eigenvalue weighted by Gasteiger charge is -2.11. The maximum atomic E-state index is 6.02. The Balaban J connectivity index is 0.00000120. The SMILES string of the molecule is Cc1sc2cc(Cl)ccc2c1C1C=CNC=N1.Cl. The molecule has 0 radical (unpaired) electrons. The second kappa shape index (κ2) is 5.31. The van der Waals surface area contributed by atoms with E-state index in [0.29, 0.717) is 0 Å². The van der Waals surface area contributed by atoms with Crippen molar-refractivity contribution in [3.8, 4) is 0 Å². The summed E-state index contributed by atoms with van der Waals surface area (Å²) in [6, 6.07) is 6.16. The van der Waals surface area contributed by atoms with Gasteiger partial charge in [0.1, 0.15) is 0 Å². The zero-order valence-electron chi connectivity index (χ0n) is 9.68. The standard InChI is InChI=1S/C13H11ClN2S.ClH/c1-8-13(11-4-5-15-7-16-11)10-3-2-9(14)6-12(10)17-8;/h2-7,11H,1H3,(H,15,16);1H. The molecule has 18 heavy (non-hydrogen) atoms. The Hall–Kier alpha value is -1.03. The minimum Gasteiger partial charge on any atom is -0.353 e. The molecule has 0 amide bonds. The van der Waals surface area contributed by atoms with Crippen molar-refractivity contribution in [2.75, 3.05) is 0 Å². The van der Waals surface area contributed by atoms with Gasteiger partial charge in [-0.3, -0.25) is 4.99 Å². The monoisotopic (exact) mass is 298 g/mol. The van der Waals surface area contributed by atoms with Gasteiger partial charge >= 0.3 is 0 Å². The van der Waals surface area contributed by atoms with Crippen molar-refractivity contribution in [3.05, 3.63) is 45.9 Å². The smallest absolute Gasteiger partial charge is 0.0981 e. The largest absolute Gasteiger partial charge is 0.353 e. The van der Waals surface area contributed by atoms with Crippen LogP contribution in [0.2, 0.25) is 5.02 Å². The Morgan fingerprint density at radius 1 is 1.39 bits per heavy atom. The van der Waals surface area contributed by atoms with Crippen LogP contribution in [0, 0.1) is 6.92 Å². The first kappa shape index (κ1) is 13.4. The van der Waals surface area contributed by atoms with Crippen molar-refractivity contribution in [2.24, 2.45) is 4.99 Å². The molecule has 1 unspecified atom stereocenters. The minimum atomic E-state index is 0. The summed E-state index contributed by atoms with van der Waals surface area (Å²) in [7, 11) is 0. The van der Waals surface area contributed by atoms with Gasteiger partial charge in [0.2, 0.25) is 0 Å². The van der Waals surface area contributed by atoms with Crippen LogP contribution in [-0.2, 0) is 0 Å². The van der Waals surface area contributed by atoms with E-state index in [1.54, 1.807) is 17.7 Å². The Kier molecular flexibility index (Phi) is 3.95. The van der Waals surface area contributed by atoms with Crippen molar-refractivity contribution in [1.29, 1.82) is 0 Å². The quantitative estimate of drug-likeness (QED) is 0.825. The molecule has 2 heterocycles. The van der Waals surface area contributed by atoms with Crippen LogP contribution in [0.5, 0.6) is 0 Å². The zero-order chi connectivity index (χ0) is 11.8. The predicted molar refractivity (Wildman–Crippen MR) is 82.3 cm³/mol. The molecule has 94 valence electrons. The molecular weight excluding hydrogens is 287 g/mol. The number of aliphatic imine (C=N–C) groups is 1. The molecule has 0 aliphatic carbocycles. The van der Waals surface area contributed by atoms with Gasteiger partial charge in [-0.25, -0.2) is 0 Å². The topological polar surface area (TPSA) is 24.4 Å². The summed E-state index contributed by atoms with van der Waals surface area (Å²) in [5, 5.41) is 5.01. The highest BCUT2D eigenvalue weighted by Gasteiger charge is 2.17. The fraction of sp³-hybridized carbons (Fsp3) is 0.154. The number of hydrogen-bond donors (Lipinski definition) is 1. The second-order valence-electron chi connectivity index (χ2n) is 3.96. The van der Waals surface area contributed by atoms with Crippen LogP contribution < -0.4 is 5.32 Å². The maximum absolute atomic E-state index is 6.02. The molecule has 2 aromatic rings. The van der Waals surface area contributed by atoms with Crippen molar-refractivity contribution < 1.29 is 0 Å². The molecule has 1 aliphatic rings. The van der Waals surface area contributed by atoms with Gasteiger partial charge < -0.3 is 5.32 Å². The Bertz CT molecular complexity index is 619. The second-order valence-corrected chi connectivity index (χ2v) is 5.65. The number of halogens is 2. The van der Waals surface area contributed by atoms with Crippen LogP contribution >= 0.6 is 35.3 Å². The third-order valence-electron chi connectivity index (χ3n) is 2.86. The highest BCUT2D eigenvalue weighted by atomic mass is 35.5. The Morgan fingerprint density at radius 2 is 2.22 bits per heavy atom. The van der Waals surface area contributed by atoms with Crippen LogP contribution in [0.1, 0.15) is 16.5 Å². The zero-order valence-corrected chi connectivity index (χ0v) is 12.1. The number of nitrogens with zero attached hydrogens (tertiary/aromatic N) is 1. The average molecular weight is 299 g/mol. The average Bonchev–Trinajstić information content (AvgIpc) is 2.65. The van der Waals surface area contributed by atoms with Crippen LogP contribution in [0.25, 0.3) is 10.1 Å². The van der Waals surface area contributed by atoms with E-state index in [0.717, 1.165) is 5.02 Å². The van der Waals surface area contributed by atoms with Gasteiger partial charge in [0.25, 0.3) is 0 Å². The Labute approximate surface area is 121 Å². The molecule has 1 aromatic heterocycles. The fourth-order valence-electron chi connectivity index (χ4n) is 2.11. The number of fused-ring (bicyclic) bond motifs is 1. The number of nitrogens with one attached hydrogen (secondary N) is 1. The van der Waals surface area contributed by atoms with Gasteiger partial charge in [-0.1, -0.05) is 17.7 Å². The summed E-state index contributed by atoms with van der Waals surface area (Å²) in [6.45, 7) is 2.14. The fourth-order valence-corrected chi connectivity index (χ4v) is 3.49. The summed E-state index contributed by atoms with van der Waals surface area (Å²) < 4.78 is 1.23. The third kappa shape index (κ3) is 2.26. The molecule has 5 heteroatoms. The summed E-state index contributed by atoms with van der Waals surface area (Å²) in [5.74, 6) is 0. The summed E-state index contributed by atoms with van der Waals surface area (Å²) >= 11 is 7.79. The minimum absolute atomic E-state index is 0. The molecule has 1 N–H and O–H groups in total. The molecule has 3 rings (SSSR count). The van der Waals surface area contributed by atoms with Crippen molar-refractivity contribution in [1.82, 2.24) is 5.32 Å². The lowest BCUT2D eigenvalue weighted by molar-refractivity contribution is 0.890. The van der Waals surface area contributed by atoms with Crippen molar-refractivity contribution >= 4 is 51.8 Å². The van der Waals surface area contributed by atoms with E-state index in [-0.39, 0.29) is 18.4 Å². The Morgan fingerprint density at radius 3 is 2.94 bits per heavy atom. The normalized spacial score (nSPS) is 17.6. The van der Waals surface area contributed by atoms with Crippen LogP contribution in [0.3, 0.4) is 0 Å². The molecule has 2 nitrogen and oxygen atoms in total. The number of aryl methyl sites for hydroxylation is 1. The van der Waals surface area contributed by atoms with Gasteiger partial charge in [-0.15, -0.1) is 23.7 Å². The van der Waals surface area contributed by atoms with Gasteiger partial charge in [0, 0.05) is 26.4 Å². The van der Waals surface area contributed by atoms with Crippen molar-refractivity contribution in [2.45, 2.75) is 13.0 Å².